The maximum absolute atomic E-state index is 13.9. The second-order valence-electron chi connectivity index (χ2n) is 7.97. The Morgan fingerprint density at radius 3 is 2.23 bits per heavy atom. The van der Waals surface area contributed by atoms with Crippen LogP contribution in [0.25, 0.3) is 0 Å². The summed E-state index contributed by atoms with van der Waals surface area (Å²) >= 11 is 0. The lowest BCUT2D eigenvalue weighted by molar-refractivity contribution is -0.146. The molecule has 2 aliphatic heterocycles. The van der Waals surface area contributed by atoms with Crippen LogP contribution in [0.4, 0.5) is 0 Å². The van der Waals surface area contributed by atoms with E-state index < -0.39 is 5.60 Å². The second-order valence-corrected chi connectivity index (χ2v) is 7.97. The molecule has 0 unspecified atom stereocenters. The third-order valence-corrected chi connectivity index (χ3v) is 6.67. The van der Waals surface area contributed by atoms with E-state index in [0.29, 0.717) is 35.0 Å². The summed E-state index contributed by atoms with van der Waals surface area (Å²) in [6.45, 7) is 4.32. The summed E-state index contributed by atoms with van der Waals surface area (Å²) in [6.07, 6.45) is 2.25. The van der Waals surface area contributed by atoms with Crippen LogP contribution in [0.15, 0.2) is 29.2 Å². The van der Waals surface area contributed by atoms with E-state index in [-0.39, 0.29) is 29.5 Å². The van der Waals surface area contributed by atoms with Gasteiger partial charge in [-0.15, -0.1) is 0 Å². The van der Waals surface area contributed by atoms with E-state index in [1.165, 1.54) is 14.2 Å². The molecule has 0 N–H and O–H groups in total. The molecule has 1 saturated heterocycles. The fourth-order valence-electron chi connectivity index (χ4n) is 4.99. The fourth-order valence-corrected chi connectivity index (χ4v) is 4.99. The number of carbonyl (C=O) groups excluding carboxylic acids is 1. The molecule has 2 heterocycles. The minimum absolute atomic E-state index is 0.131. The zero-order valence-electron chi connectivity index (χ0n) is 18.5. The molecule has 1 aliphatic carbocycles. The van der Waals surface area contributed by atoms with Crippen molar-refractivity contribution in [3.63, 3.8) is 0 Å². The topological polar surface area (TPSA) is 72.5 Å². The number of hydrogen-bond donors (Lipinski definition) is 0. The Bertz CT molecular complexity index is 961. The molecule has 1 aromatic rings. The number of rotatable bonds is 5. The van der Waals surface area contributed by atoms with Crippen molar-refractivity contribution in [3.05, 3.63) is 40.4 Å². The van der Waals surface area contributed by atoms with Gasteiger partial charge in [0.15, 0.2) is 22.9 Å². The molecule has 1 aromatic carbocycles. The highest BCUT2D eigenvalue weighted by atomic mass is 16.5. The van der Waals surface area contributed by atoms with Gasteiger partial charge in [0, 0.05) is 5.56 Å². The van der Waals surface area contributed by atoms with Gasteiger partial charge < -0.3 is 28.4 Å². The normalized spacial score (nSPS) is 29.5. The highest BCUT2D eigenvalue weighted by molar-refractivity contribution is 6.07. The Hall–Kier alpha value is -2.67. The fraction of sp³-hybridized carbons (Fsp3) is 0.522. The van der Waals surface area contributed by atoms with Crippen LogP contribution in [0.3, 0.4) is 0 Å². The molecule has 30 heavy (non-hydrogen) atoms. The Morgan fingerprint density at radius 2 is 1.67 bits per heavy atom. The molecule has 4 atom stereocenters. The number of allylic oxidation sites excluding steroid dienone is 1. The van der Waals surface area contributed by atoms with Crippen molar-refractivity contribution in [2.75, 3.05) is 35.5 Å². The van der Waals surface area contributed by atoms with E-state index in [0.717, 1.165) is 11.1 Å². The van der Waals surface area contributed by atoms with Crippen LogP contribution in [-0.4, -0.2) is 41.3 Å². The number of Topliss-reactive ketones (excluding diaryl/α,β-unsaturated/α-hetero) is 1. The van der Waals surface area contributed by atoms with E-state index in [1.54, 1.807) is 21.3 Å². The summed E-state index contributed by atoms with van der Waals surface area (Å²) in [7, 11) is 7.67. The first-order valence-corrected chi connectivity index (χ1v) is 9.98. The maximum Gasteiger partial charge on any atom is 0.241 e. The van der Waals surface area contributed by atoms with E-state index in [4.69, 9.17) is 28.4 Å². The molecule has 3 aliphatic rings. The van der Waals surface area contributed by atoms with E-state index in [1.807, 2.05) is 12.1 Å². The molecule has 0 radical (unpaired) electrons. The predicted molar refractivity (Wildman–Crippen MR) is 109 cm³/mol. The van der Waals surface area contributed by atoms with E-state index in [2.05, 4.69) is 13.8 Å². The van der Waals surface area contributed by atoms with Gasteiger partial charge in [0.2, 0.25) is 17.3 Å². The maximum atomic E-state index is 13.9. The van der Waals surface area contributed by atoms with Crippen molar-refractivity contribution in [2.24, 2.45) is 11.8 Å². The number of hydrogen-bond acceptors (Lipinski definition) is 7. The van der Waals surface area contributed by atoms with E-state index >= 15 is 0 Å². The Kier molecular flexibility index (Phi) is 4.97. The molecule has 1 fully saturated rings. The largest absolute Gasteiger partial charge is 0.493 e. The summed E-state index contributed by atoms with van der Waals surface area (Å²) in [5.41, 5.74) is 1.01. The van der Waals surface area contributed by atoms with Gasteiger partial charge >= 0.3 is 0 Å². The number of ketones is 1. The third kappa shape index (κ3) is 2.44. The van der Waals surface area contributed by atoms with Crippen LogP contribution in [0.1, 0.15) is 37.5 Å². The smallest absolute Gasteiger partial charge is 0.241 e. The van der Waals surface area contributed by atoms with Gasteiger partial charge in [0.1, 0.15) is 0 Å². The Labute approximate surface area is 176 Å². The number of fused-ring (bicyclic) bond motifs is 3. The van der Waals surface area contributed by atoms with Crippen LogP contribution in [-0.2, 0) is 24.6 Å². The van der Waals surface area contributed by atoms with Gasteiger partial charge in [-0.2, -0.15) is 0 Å². The lowest BCUT2D eigenvalue weighted by Crippen LogP contribution is -2.42. The van der Waals surface area contributed by atoms with Crippen molar-refractivity contribution >= 4 is 5.78 Å². The average molecular weight is 416 g/mol. The van der Waals surface area contributed by atoms with Gasteiger partial charge in [-0.05, 0) is 41.5 Å². The van der Waals surface area contributed by atoms with Crippen molar-refractivity contribution in [1.29, 1.82) is 0 Å². The van der Waals surface area contributed by atoms with Crippen LogP contribution in [0.5, 0.6) is 17.2 Å². The third-order valence-electron chi connectivity index (χ3n) is 6.67. The summed E-state index contributed by atoms with van der Waals surface area (Å²) in [5.74, 6) is 2.07. The molecule has 162 valence electrons. The summed E-state index contributed by atoms with van der Waals surface area (Å²) in [4.78, 5) is 13.9. The zero-order valence-corrected chi connectivity index (χ0v) is 18.5. The van der Waals surface area contributed by atoms with Crippen molar-refractivity contribution in [3.8, 4) is 17.2 Å². The number of methoxy groups -OCH3 is 5. The molecule has 7 heteroatoms. The summed E-state index contributed by atoms with van der Waals surface area (Å²) in [5, 5.41) is 0. The van der Waals surface area contributed by atoms with Crippen LogP contribution in [0.2, 0.25) is 0 Å². The minimum atomic E-state index is -1.35. The van der Waals surface area contributed by atoms with Gasteiger partial charge in [-0.25, -0.2) is 0 Å². The molecule has 4 rings (SSSR count). The number of carbonyl (C=O) groups is 1. The standard InChI is InChI=1S/C23H28O7/c1-11-8-13-9-15(25-3)20(28-6)22(24)23(13)17-14(18(30-23)12(11)2)10-16(26-4)19(27-5)21(17)29-7/h9-12,18H,8H2,1-7H3/t11-,12-,18+,23+/m1/s1. The van der Waals surface area contributed by atoms with Gasteiger partial charge in [0.25, 0.3) is 0 Å². The highest BCUT2D eigenvalue weighted by Gasteiger charge is 2.62. The van der Waals surface area contributed by atoms with Crippen molar-refractivity contribution < 1.29 is 33.2 Å². The lowest BCUT2D eigenvalue weighted by atomic mass is 9.70. The monoisotopic (exact) mass is 416 g/mol. The van der Waals surface area contributed by atoms with Gasteiger partial charge in [-0.1, -0.05) is 13.8 Å². The summed E-state index contributed by atoms with van der Waals surface area (Å²) in [6, 6.07) is 1.90. The molecule has 0 amide bonds. The zero-order chi connectivity index (χ0) is 21.8. The van der Waals surface area contributed by atoms with Gasteiger partial charge in [0.05, 0.1) is 41.7 Å². The van der Waals surface area contributed by atoms with Crippen molar-refractivity contribution in [2.45, 2.75) is 32.0 Å². The van der Waals surface area contributed by atoms with Gasteiger partial charge in [-0.3, -0.25) is 4.79 Å². The van der Waals surface area contributed by atoms with Crippen LogP contribution in [0, 0.1) is 11.8 Å². The average Bonchev–Trinajstić information content (AvgIpc) is 3.04. The highest BCUT2D eigenvalue weighted by Crippen LogP contribution is 2.63. The Morgan fingerprint density at radius 1 is 0.967 bits per heavy atom. The predicted octanol–water partition coefficient (Wildman–Crippen LogP) is 3.67. The minimum Gasteiger partial charge on any atom is -0.493 e. The first-order chi connectivity index (χ1) is 14.4. The second kappa shape index (κ2) is 7.23. The number of benzene rings is 1. The molecular formula is C23H28O7. The molecule has 0 aromatic heterocycles. The molecule has 2 bridgehead atoms. The molecule has 1 spiro atoms. The summed E-state index contributed by atoms with van der Waals surface area (Å²) < 4.78 is 34.6. The molecular weight excluding hydrogens is 388 g/mol. The quantitative estimate of drug-likeness (QED) is 0.725. The Balaban J connectivity index is 2.11. The molecule has 7 nitrogen and oxygen atoms in total. The molecule has 0 saturated carbocycles. The van der Waals surface area contributed by atoms with Crippen LogP contribution < -0.4 is 14.2 Å². The van der Waals surface area contributed by atoms with E-state index in [9.17, 15) is 4.79 Å². The number of ether oxygens (including phenoxy) is 6. The first kappa shape index (κ1) is 20.6. The SMILES string of the molecule is COC1=C(OC)C(=O)[C@@]23O[C@H](c4cc(OC)c(OC)c(OC)c42)[C@H](C)[C@H](C)CC3=C1. The van der Waals surface area contributed by atoms with Crippen LogP contribution >= 0.6 is 0 Å². The first-order valence-electron chi connectivity index (χ1n) is 9.98. The van der Waals surface area contributed by atoms with Crippen molar-refractivity contribution in [1.82, 2.24) is 0 Å². The lowest BCUT2D eigenvalue weighted by Gasteiger charge is -2.35.